The van der Waals surface area contributed by atoms with Crippen molar-refractivity contribution in [2.24, 2.45) is 5.41 Å². The number of rotatable bonds is 10. The Kier molecular flexibility index (Phi) is 7.02. The Morgan fingerprint density at radius 2 is 1.31 bits per heavy atom. The van der Waals surface area contributed by atoms with Gasteiger partial charge in [-0.25, -0.2) is 0 Å². The number of allylic oxidation sites excluding steroid dienone is 4. The molecule has 2 aromatic rings. The summed E-state index contributed by atoms with van der Waals surface area (Å²) in [6.45, 7) is 14.5. The molecular formula is C32H40O4. The topological polar surface area (TPSA) is 43.5 Å². The van der Waals surface area contributed by atoms with Gasteiger partial charge in [-0.05, 0) is 76.6 Å². The maximum atomic E-state index is 6.25. The number of hydrogen-bond acceptors (Lipinski definition) is 4. The second-order valence-electron chi connectivity index (χ2n) is 12.3. The highest BCUT2D eigenvalue weighted by molar-refractivity contribution is 5.78. The van der Waals surface area contributed by atoms with Crippen LogP contribution in [-0.4, -0.2) is 38.6 Å². The summed E-state index contributed by atoms with van der Waals surface area (Å²) < 4.78 is 22.6. The molecule has 1 aliphatic carbocycles. The minimum Gasteiger partial charge on any atom is -0.491 e. The fraction of sp³-hybridized carbons (Fsp3) is 0.500. The molecule has 3 aliphatic rings. The highest BCUT2D eigenvalue weighted by Gasteiger charge is 2.31. The summed E-state index contributed by atoms with van der Waals surface area (Å²) in [5.74, 6) is 1.90. The van der Waals surface area contributed by atoms with Gasteiger partial charge in [0.2, 0.25) is 0 Å². The molecule has 0 N–H and O–H groups in total. The second kappa shape index (κ2) is 10.1. The van der Waals surface area contributed by atoms with E-state index in [-0.39, 0.29) is 23.0 Å². The van der Waals surface area contributed by atoms with Crippen LogP contribution in [0.4, 0.5) is 0 Å². The minimum atomic E-state index is -0.000321. The highest BCUT2D eigenvalue weighted by Crippen LogP contribution is 2.42. The van der Waals surface area contributed by atoms with E-state index in [0.29, 0.717) is 13.2 Å². The zero-order valence-corrected chi connectivity index (χ0v) is 22.4. The average Bonchev–Trinajstić information content (AvgIpc) is 3.76. The summed E-state index contributed by atoms with van der Waals surface area (Å²) in [6, 6.07) is 15.2. The first-order valence-corrected chi connectivity index (χ1v) is 13.3. The third-order valence-corrected chi connectivity index (χ3v) is 7.08. The Labute approximate surface area is 216 Å². The van der Waals surface area contributed by atoms with Crippen LogP contribution < -0.4 is 9.47 Å². The second-order valence-corrected chi connectivity index (χ2v) is 12.3. The molecule has 2 aliphatic heterocycles. The van der Waals surface area contributed by atoms with Gasteiger partial charge in [-0.15, -0.1) is 0 Å². The Bertz CT molecular complexity index is 1130. The van der Waals surface area contributed by atoms with Gasteiger partial charge >= 0.3 is 0 Å². The highest BCUT2D eigenvalue weighted by atomic mass is 16.6. The van der Waals surface area contributed by atoms with Gasteiger partial charge in [-0.3, -0.25) is 0 Å². The first-order valence-electron chi connectivity index (χ1n) is 13.3. The molecule has 0 radical (unpaired) electrons. The van der Waals surface area contributed by atoms with Gasteiger partial charge in [0, 0.05) is 5.56 Å². The molecule has 0 bridgehead atoms. The molecule has 0 amide bonds. The van der Waals surface area contributed by atoms with Crippen molar-refractivity contribution in [3.63, 3.8) is 0 Å². The van der Waals surface area contributed by atoms with Crippen molar-refractivity contribution in [3.05, 3.63) is 71.3 Å². The molecule has 0 aromatic heterocycles. The van der Waals surface area contributed by atoms with E-state index >= 15 is 0 Å². The van der Waals surface area contributed by atoms with Crippen molar-refractivity contribution < 1.29 is 18.9 Å². The van der Waals surface area contributed by atoms with Crippen LogP contribution in [0.2, 0.25) is 0 Å². The summed E-state index contributed by atoms with van der Waals surface area (Å²) in [7, 11) is 0. The van der Waals surface area contributed by atoms with Crippen molar-refractivity contribution in [1.82, 2.24) is 0 Å². The molecule has 2 unspecified atom stereocenters. The van der Waals surface area contributed by atoms with Gasteiger partial charge in [0.25, 0.3) is 0 Å². The molecule has 2 atom stereocenters. The van der Waals surface area contributed by atoms with Gasteiger partial charge in [0.05, 0.1) is 13.2 Å². The maximum absolute atomic E-state index is 6.25. The largest absolute Gasteiger partial charge is 0.491 e. The normalized spacial score (nSPS) is 21.5. The zero-order valence-electron chi connectivity index (χ0n) is 22.4. The summed E-state index contributed by atoms with van der Waals surface area (Å²) in [4.78, 5) is 0. The molecule has 2 heterocycles. The standard InChI is InChI=1S/C32H40O4/c1-31(2,3)21-32(4,5)29-16-25(12-15-30(29)36-20-28-19-35-28)24-8-6-22(7-9-24)23-10-13-26(14-11-23)33-17-27-18-34-27/h6,9-16,27-28H,7-8,17-21H2,1-5H3. The van der Waals surface area contributed by atoms with Gasteiger partial charge < -0.3 is 18.9 Å². The predicted octanol–water partition coefficient (Wildman–Crippen LogP) is 7.22. The maximum Gasteiger partial charge on any atom is 0.123 e. The molecule has 2 fully saturated rings. The Morgan fingerprint density at radius 3 is 1.86 bits per heavy atom. The number of epoxide rings is 2. The van der Waals surface area contributed by atoms with Crippen LogP contribution in [0.3, 0.4) is 0 Å². The molecule has 36 heavy (non-hydrogen) atoms. The fourth-order valence-electron chi connectivity index (χ4n) is 5.38. The lowest BCUT2D eigenvalue weighted by Gasteiger charge is -2.34. The fourth-order valence-corrected chi connectivity index (χ4v) is 5.38. The van der Waals surface area contributed by atoms with Crippen molar-refractivity contribution in [3.8, 4) is 11.5 Å². The first kappa shape index (κ1) is 25.1. The molecule has 4 heteroatoms. The Morgan fingerprint density at radius 1 is 0.750 bits per heavy atom. The third kappa shape index (κ3) is 6.60. The SMILES string of the molecule is CC(C)(C)CC(C)(C)c1cc(C2=CCC(c3ccc(OCC4CO4)cc3)=CC2)ccc1OCC1CO1. The minimum absolute atomic E-state index is 0.000321. The lowest BCUT2D eigenvalue weighted by molar-refractivity contribution is 0.245. The summed E-state index contributed by atoms with van der Waals surface area (Å²) >= 11 is 0. The summed E-state index contributed by atoms with van der Waals surface area (Å²) in [6.07, 6.45) is 8.24. The van der Waals surface area contributed by atoms with Gasteiger partial charge in [0.15, 0.2) is 0 Å². The van der Waals surface area contributed by atoms with E-state index < -0.39 is 0 Å². The van der Waals surface area contributed by atoms with Crippen LogP contribution in [0, 0.1) is 5.41 Å². The van der Waals surface area contributed by atoms with Gasteiger partial charge in [-0.1, -0.05) is 65.0 Å². The number of hydrogen-bond donors (Lipinski definition) is 0. The quantitative estimate of drug-likeness (QED) is 0.331. The molecule has 192 valence electrons. The van der Waals surface area contributed by atoms with Crippen molar-refractivity contribution in [2.75, 3.05) is 26.4 Å². The average molecular weight is 489 g/mol. The van der Waals surface area contributed by atoms with Crippen molar-refractivity contribution in [1.29, 1.82) is 0 Å². The van der Waals surface area contributed by atoms with E-state index in [9.17, 15) is 0 Å². The molecule has 0 spiro atoms. The van der Waals surface area contributed by atoms with Gasteiger partial charge in [-0.2, -0.15) is 0 Å². The monoisotopic (exact) mass is 488 g/mol. The van der Waals surface area contributed by atoms with Crippen LogP contribution in [0.25, 0.3) is 11.1 Å². The van der Waals surface area contributed by atoms with E-state index in [2.05, 4.69) is 89.2 Å². The molecule has 2 aromatic carbocycles. The van der Waals surface area contributed by atoms with E-state index in [0.717, 1.165) is 44.0 Å². The van der Waals surface area contributed by atoms with E-state index in [1.54, 1.807) is 0 Å². The van der Waals surface area contributed by atoms with E-state index in [4.69, 9.17) is 18.9 Å². The Balaban J connectivity index is 1.30. The summed E-state index contributed by atoms with van der Waals surface area (Å²) in [5, 5.41) is 0. The third-order valence-electron chi connectivity index (χ3n) is 7.08. The molecule has 4 nitrogen and oxygen atoms in total. The lowest BCUT2D eigenvalue weighted by Crippen LogP contribution is -2.26. The zero-order chi connectivity index (χ0) is 25.3. The molecular weight excluding hydrogens is 448 g/mol. The van der Waals surface area contributed by atoms with E-state index in [1.807, 2.05) is 0 Å². The van der Waals surface area contributed by atoms with Crippen molar-refractivity contribution in [2.45, 2.75) is 71.5 Å². The number of ether oxygens (including phenoxy) is 4. The van der Waals surface area contributed by atoms with Crippen LogP contribution in [0.15, 0.2) is 54.6 Å². The first-order chi connectivity index (χ1) is 17.2. The predicted molar refractivity (Wildman–Crippen MR) is 146 cm³/mol. The molecule has 5 rings (SSSR count). The van der Waals surface area contributed by atoms with Crippen LogP contribution >= 0.6 is 0 Å². The van der Waals surface area contributed by atoms with Crippen molar-refractivity contribution >= 4 is 11.1 Å². The smallest absolute Gasteiger partial charge is 0.123 e. The van der Waals surface area contributed by atoms with Gasteiger partial charge in [0.1, 0.15) is 36.9 Å². The summed E-state index contributed by atoms with van der Waals surface area (Å²) in [5.41, 5.74) is 6.83. The lowest BCUT2D eigenvalue weighted by atomic mass is 9.71. The van der Waals surface area contributed by atoms with Crippen LogP contribution in [-0.2, 0) is 14.9 Å². The number of benzene rings is 2. The van der Waals surface area contributed by atoms with Crippen LogP contribution in [0.5, 0.6) is 11.5 Å². The Hall–Kier alpha value is -2.56. The van der Waals surface area contributed by atoms with E-state index in [1.165, 1.54) is 27.8 Å². The molecule has 2 saturated heterocycles. The molecule has 0 saturated carbocycles. The van der Waals surface area contributed by atoms with Crippen LogP contribution in [0.1, 0.15) is 70.6 Å².